The molecule has 0 bridgehead atoms. The zero-order chi connectivity index (χ0) is 10.3. The zero-order valence-electron chi connectivity index (χ0n) is 9.21. The van der Waals surface area contributed by atoms with Crippen LogP contribution in [0, 0.1) is 5.92 Å². The molecule has 0 aromatic carbocycles. The lowest BCUT2D eigenvalue weighted by molar-refractivity contribution is 0.370. The Morgan fingerprint density at radius 1 is 1.50 bits per heavy atom. The molecule has 2 rings (SSSR count). The molecule has 0 radical (unpaired) electrons. The van der Waals surface area contributed by atoms with E-state index in [0.29, 0.717) is 12.5 Å². The summed E-state index contributed by atoms with van der Waals surface area (Å²) >= 11 is 0. The number of hydrogen-bond acceptors (Lipinski definition) is 2. The maximum Gasteiger partial charge on any atom is 0.111 e. The Balaban J connectivity index is 2.17. The van der Waals surface area contributed by atoms with E-state index in [0.717, 1.165) is 17.4 Å². The molecule has 2 unspecified atom stereocenters. The second kappa shape index (κ2) is 3.13. The first-order chi connectivity index (χ1) is 6.54. The van der Waals surface area contributed by atoms with E-state index in [4.69, 9.17) is 10.2 Å². The van der Waals surface area contributed by atoms with Crippen LogP contribution in [-0.2, 0) is 5.41 Å². The highest BCUT2D eigenvalue weighted by molar-refractivity contribution is 5.21. The second-order valence-corrected chi connectivity index (χ2v) is 5.11. The van der Waals surface area contributed by atoms with Gasteiger partial charge in [-0.25, -0.2) is 0 Å². The summed E-state index contributed by atoms with van der Waals surface area (Å²) in [5.74, 6) is 3.63. The third kappa shape index (κ3) is 1.59. The summed E-state index contributed by atoms with van der Waals surface area (Å²) in [6.07, 6.45) is 1.27. The summed E-state index contributed by atoms with van der Waals surface area (Å²) in [6, 6.07) is 4.19. The molecule has 2 atom stereocenters. The van der Waals surface area contributed by atoms with Crippen LogP contribution in [0.5, 0.6) is 0 Å². The molecule has 14 heavy (non-hydrogen) atoms. The van der Waals surface area contributed by atoms with E-state index in [1.165, 1.54) is 6.42 Å². The molecular weight excluding hydrogens is 174 g/mol. The van der Waals surface area contributed by atoms with Gasteiger partial charge in [0, 0.05) is 17.9 Å². The third-order valence-electron chi connectivity index (χ3n) is 3.28. The van der Waals surface area contributed by atoms with E-state index in [1.54, 1.807) is 0 Å². The highest BCUT2D eigenvalue weighted by Crippen LogP contribution is 2.47. The first-order valence-corrected chi connectivity index (χ1v) is 5.35. The average Bonchev–Trinajstić information content (AvgIpc) is 2.70. The van der Waals surface area contributed by atoms with Crippen LogP contribution in [0.15, 0.2) is 16.5 Å². The molecule has 0 amide bonds. The summed E-state index contributed by atoms with van der Waals surface area (Å²) in [5.41, 5.74) is 5.68. The predicted molar refractivity (Wildman–Crippen MR) is 57.3 cm³/mol. The van der Waals surface area contributed by atoms with E-state index in [-0.39, 0.29) is 5.41 Å². The molecule has 1 heterocycles. The summed E-state index contributed by atoms with van der Waals surface area (Å²) in [6.45, 7) is 7.12. The van der Waals surface area contributed by atoms with Gasteiger partial charge >= 0.3 is 0 Å². The summed E-state index contributed by atoms with van der Waals surface area (Å²) in [4.78, 5) is 0. The predicted octanol–water partition coefficient (Wildman–Crippen LogP) is 2.64. The van der Waals surface area contributed by atoms with E-state index < -0.39 is 0 Å². The van der Waals surface area contributed by atoms with Crippen LogP contribution in [0.3, 0.4) is 0 Å². The standard InChI is InChI=1S/C12H19NO/c1-8-6-9(8)10-4-5-11(14-10)12(2,3)7-13/h4-5,8-9H,6-7,13H2,1-3H3. The van der Waals surface area contributed by atoms with Gasteiger partial charge in [0.25, 0.3) is 0 Å². The first-order valence-electron chi connectivity index (χ1n) is 5.35. The smallest absolute Gasteiger partial charge is 0.111 e. The SMILES string of the molecule is CC1CC1c1ccc(C(C)(C)CN)o1. The Labute approximate surface area is 85.5 Å². The average molecular weight is 193 g/mol. The molecular formula is C12H19NO. The normalized spacial score (nSPS) is 26.6. The van der Waals surface area contributed by atoms with Crippen molar-refractivity contribution in [1.82, 2.24) is 0 Å². The second-order valence-electron chi connectivity index (χ2n) is 5.11. The third-order valence-corrected chi connectivity index (χ3v) is 3.28. The zero-order valence-corrected chi connectivity index (χ0v) is 9.21. The van der Waals surface area contributed by atoms with Crippen molar-refractivity contribution in [2.45, 2.75) is 38.5 Å². The van der Waals surface area contributed by atoms with Crippen LogP contribution >= 0.6 is 0 Å². The van der Waals surface area contributed by atoms with Crippen LogP contribution in [0.2, 0.25) is 0 Å². The van der Waals surface area contributed by atoms with Crippen molar-refractivity contribution in [2.24, 2.45) is 11.7 Å². The molecule has 78 valence electrons. The molecule has 0 aliphatic heterocycles. The molecule has 2 heteroatoms. The Bertz CT molecular complexity index is 327. The fourth-order valence-corrected chi connectivity index (χ4v) is 1.73. The van der Waals surface area contributed by atoms with Crippen molar-refractivity contribution >= 4 is 0 Å². The summed E-state index contributed by atoms with van der Waals surface area (Å²) in [7, 11) is 0. The first kappa shape index (κ1) is 9.78. The van der Waals surface area contributed by atoms with Crippen LogP contribution in [-0.4, -0.2) is 6.54 Å². The Morgan fingerprint density at radius 3 is 2.64 bits per heavy atom. The molecule has 1 aliphatic rings. The van der Waals surface area contributed by atoms with Gasteiger partial charge in [0.1, 0.15) is 11.5 Å². The van der Waals surface area contributed by atoms with E-state index >= 15 is 0 Å². The minimum absolute atomic E-state index is 0.0314. The Morgan fingerprint density at radius 2 is 2.14 bits per heavy atom. The van der Waals surface area contributed by atoms with Crippen molar-refractivity contribution in [3.63, 3.8) is 0 Å². The maximum absolute atomic E-state index is 5.85. The molecule has 1 saturated carbocycles. The van der Waals surface area contributed by atoms with Gasteiger partial charge in [-0.15, -0.1) is 0 Å². The van der Waals surface area contributed by atoms with E-state index in [9.17, 15) is 0 Å². The number of furan rings is 1. The highest BCUT2D eigenvalue weighted by atomic mass is 16.3. The maximum atomic E-state index is 5.85. The summed E-state index contributed by atoms with van der Waals surface area (Å²) < 4.78 is 5.85. The van der Waals surface area contributed by atoms with Crippen LogP contribution in [0.4, 0.5) is 0 Å². The van der Waals surface area contributed by atoms with Gasteiger partial charge in [-0.1, -0.05) is 20.8 Å². The largest absolute Gasteiger partial charge is 0.465 e. The van der Waals surface area contributed by atoms with Gasteiger partial charge in [-0.3, -0.25) is 0 Å². The van der Waals surface area contributed by atoms with Crippen molar-refractivity contribution in [3.05, 3.63) is 23.7 Å². The van der Waals surface area contributed by atoms with Crippen molar-refractivity contribution in [3.8, 4) is 0 Å². The van der Waals surface area contributed by atoms with Gasteiger partial charge in [0.15, 0.2) is 0 Å². The fourth-order valence-electron chi connectivity index (χ4n) is 1.73. The Hall–Kier alpha value is -0.760. The highest BCUT2D eigenvalue weighted by Gasteiger charge is 2.37. The molecule has 2 N–H and O–H groups in total. The van der Waals surface area contributed by atoms with Gasteiger partial charge in [-0.05, 0) is 24.5 Å². The number of nitrogens with two attached hydrogens (primary N) is 1. The fraction of sp³-hybridized carbons (Fsp3) is 0.667. The minimum Gasteiger partial charge on any atom is -0.465 e. The molecule has 2 nitrogen and oxygen atoms in total. The molecule has 0 saturated heterocycles. The van der Waals surface area contributed by atoms with Gasteiger partial charge in [0.05, 0.1) is 0 Å². The number of hydrogen-bond donors (Lipinski definition) is 1. The van der Waals surface area contributed by atoms with Crippen LogP contribution in [0.1, 0.15) is 44.6 Å². The van der Waals surface area contributed by atoms with Crippen molar-refractivity contribution in [1.29, 1.82) is 0 Å². The quantitative estimate of drug-likeness (QED) is 0.801. The lowest BCUT2D eigenvalue weighted by Gasteiger charge is -2.18. The number of rotatable bonds is 3. The van der Waals surface area contributed by atoms with Crippen LogP contribution < -0.4 is 5.73 Å². The lowest BCUT2D eigenvalue weighted by atomic mass is 9.91. The Kier molecular flexibility index (Phi) is 2.18. The van der Waals surface area contributed by atoms with Gasteiger partial charge in [0.2, 0.25) is 0 Å². The van der Waals surface area contributed by atoms with E-state index in [1.807, 2.05) is 0 Å². The topological polar surface area (TPSA) is 39.2 Å². The van der Waals surface area contributed by atoms with E-state index in [2.05, 4.69) is 32.9 Å². The molecule has 1 fully saturated rings. The lowest BCUT2D eigenvalue weighted by Crippen LogP contribution is -2.27. The minimum atomic E-state index is -0.0314. The molecule has 1 aromatic rings. The van der Waals surface area contributed by atoms with Gasteiger partial charge in [-0.2, -0.15) is 0 Å². The molecule has 1 aliphatic carbocycles. The van der Waals surface area contributed by atoms with Crippen molar-refractivity contribution in [2.75, 3.05) is 6.54 Å². The summed E-state index contributed by atoms with van der Waals surface area (Å²) in [5, 5.41) is 0. The molecule has 0 spiro atoms. The molecule has 1 aromatic heterocycles. The van der Waals surface area contributed by atoms with Gasteiger partial charge < -0.3 is 10.2 Å². The van der Waals surface area contributed by atoms with Crippen molar-refractivity contribution < 1.29 is 4.42 Å². The monoisotopic (exact) mass is 193 g/mol. The van der Waals surface area contributed by atoms with Crippen LogP contribution in [0.25, 0.3) is 0 Å².